The Morgan fingerprint density at radius 2 is 2.37 bits per heavy atom. The summed E-state index contributed by atoms with van der Waals surface area (Å²) in [5, 5.41) is 5.81. The highest BCUT2D eigenvalue weighted by atomic mass is 79.9. The third-order valence-corrected chi connectivity index (χ3v) is 4.04. The third kappa shape index (κ3) is 2.20. The van der Waals surface area contributed by atoms with Crippen LogP contribution in [0.15, 0.2) is 10.7 Å². The second-order valence-corrected chi connectivity index (χ2v) is 5.45. The van der Waals surface area contributed by atoms with E-state index in [1.54, 1.807) is 13.2 Å². The lowest BCUT2D eigenvalue weighted by molar-refractivity contribution is 0.197. The molecule has 19 heavy (non-hydrogen) atoms. The average molecular weight is 327 g/mol. The first kappa shape index (κ1) is 12.5. The fourth-order valence-electron chi connectivity index (χ4n) is 2.50. The highest BCUT2D eigenvalue weighted by Gasteiger charge is 2.36. The van der Waals surface area contributed by atoms with Gasteiger partial charge in [-0.3, -0.25) is 0 Å². The van der Waals surface area contributed by atoms with Gasteiger partial charge in [0.2, 0.25) is 5.95 Å². The van der Waals surface area contributed by atoms with Crippen LogP contribution < -0.4 is 15.5 Å². The Labute approximate surface area is 119 Å². The number of fused-ring (bicyclic) bond motifs is 1. The molecule has 2 N–H and O–H groups in total. The number of piperazine rings is 1. The van der Waals surface area contributed by atoms with E-state index in [0.717, 1.165) is 29.9 Å². The van der Waals surface area contributed by atoms with E-state index < -0.39 is 0 Å². The van der Waals surface area contributed by atoms with Crippen LogP contribution >= 0.6 is 15.9 Å². The Hall–Kier alpha value is -1.57. The lowest BCUT2D eigenvalue weighted by Gasteiger charge is -2.37. The molecule has 2 fully saturated rings. The van der Waals surface area contributed by atoms with Gasteiger partial charge >= 0.3 is 6.03 Å². The van der Waals surface area contributed by atoms with E-state index in [-0.39, 0.29) is 12.1 Å². The van der Waals surface area contributed by atoms with Crippen LogP contribution in [0, 0.1) is 0 Å². The zero-order valence-corrected chi connectivity index (χ0v) is 12.1. The summed E-state index contributed by atoms with van der Waals surface area (Å²) in [7, 11) is 1.80. The van der Waals surface area contributed by atoms with Crippen molar-refractivity contribution in [2.24, 2.45) is 0 Å². The van der Waals surface area contributed by atoms with Crippen LogP contribution in [0.4, 0.5) is 16.6 Å². The van der Waals surface area contributed by atoms with E-state index in [1.165, 1.54) is 0 Å². The van der Waals surface area contributed by atoms with E-state index in [1.807, 2.05) is 4.90 Å². The lowest BCUT2D eigenvalue weighted by atomic mass is 10.2. The predicted octanol–water partition coefficient (Wildman–Crippen LogP) is 0.495. The van der Waals surface area contributed by atoms with Gasteiger partial charge in [-0.1, -0.05) is 0 Å². The minimum Gasteiger partial charge on any atom is -0.357 e. The maximum Gasteiger partial charge on any atom is 0.317 e. The van der Waals surface area contributed by atoms with Crippen molar-refractivity contribution >= 4 is 33.7 Å². The summed E-state index contributed by atoms with van der Waals surface area (Å²) >= 11 is 3.49. The Morgan fingerprint density at radius 3 is 3.16 bits per heavy atom. The van der Waals surface area contributed by atoms with Gasteiger partial charge in [-0.15, -0.1) is 0 Å². The van der Waals surface area contributed by atoms with E-state index in [4.69, 9.17) is 0 Å². The summed E-state index contributed by atoms with van der Waals surface area (Å²) in [6.07, 6.45) is 1.75. The summed E-state index contributed by atoms with van der Waals surface area (Å²) in [5.74, 6) is 1.47. The lowest BCUT2D eigenvalue weighted by Crippen LogP contribution is -2.52. The van der Waals surface area contributed by atoms with Gasteiger partial charge in [0.25, 0.3) is 0 Å². The zero-order chi connectivity index (χ0) is 13.4. The molecule has 3 rings (SSSR count). The summed E-state index contributed by atoms with van der Waals surface area (Å²) < 4.78 is 0.872. The number of aromatic nitrogens is 2. The third-order valence-electron chi connectivity index (χ3n) is 3.48. The van der Waals surface area contributed by atoms with Crippen molar-refractivity contribution < 1.29 is 4.79 Å². The number of anilines is 2. The monoisotopic (exact) mass is 326 g/mol. The molecular weight excluding hydrogens is 312 g/mol. The number of urea groups is 1. The molecule has 2 amide bonds. The summed E-state index contributed by atoms with van der Waals surface area (Å²) in [5.41, 5.74) is 0. The molecule has 8 heteroatoms. The number of halogens is 1. The summed E-state index contributed by atoms with van der Waals surface area (Å²) in [6, 6.07) is 0.267. The molecule has 3 heterocycles. The number of amides is 2. The quantitative estimate of drug-likeness (QED) is 0.827. The molecule has 1 aromatic heterocycles. The van der Waals surface area contributed by atoms with Gasteiger partial charge in [0.05, 0.1) is 10.5 Å². The molecule has 1 unspecified atom stereocenters. The second-order valence-electron chi connectivity index (χ2n) is 4.59. The number of rotatable bonds is 2. The molecule has 0 aromatic carbocycles. The molecule has 1 aromatic rings. The van der Waals surface area contributed by atoms with Crippen LogP contribution in [0.2, 0.25) is 0 Å². The van der Waals surface area contributed by atoms with E-state index in [9.17, 15) is 4.79 Å². The van der Waals surface area contributed by atoms with Gasteiger partial charge in [-0.2, -0.15) is 4.98 Å². The fraction of sp³-hybridized carbons (Fsp3) is 0.545. The van der Waals surface area contributed by atoms with Crippen LogP contribution in [0.3, 0.4) is 0 Å². The molecule has 0 aliphatic carbocycles. The number of carbonyl (C=O) groups excluding carboxylic acids is 1. The van der Waals surface area contributed by atoms with Gasteiger partial charge in [0.15, 0.2) is 0 Å². The van der Waals surface area contributed by atoms with Crippen molar-refractivity contribution in [3.63, 3.8) is 0 Å². The van der Waals surface area contributed by atoms with E-state index in [2.05, 4.69) is 41.4 Å². The molecule has 7 nitrogen and oxygen atoms in total. The van der Waals surface area contributed by atoms with Crippen molar-refractivity contribution in [1.82, 2.24) is 20.2 Å². The Bertz CT molecular complexity index is 510. The van der Waals surface area contributed by atoms with Gasteiger partial charge < -0.3 is 20.4 Å². The number of carbonyl (C=O) groups is 1. The molecule has 0 radical (unpaired) electrons. The fourth-order valence-corrected chi connectivity index (χ4v) is 2.94. The van der Waals surface area contributed by atoms with Crippen LogP contribution in [-0.2, 0) is 0 Å². The topological polar surface area (TPSA) is 73.4 Å². The average Bonchev–Trinajstić information content (AvgIpc) is 2.80. The minimum absolute atomic E-state index is 0.0438. The normalized spacial score (nSPS) is 22.2. The molecule has 1 atom stereocenters. The number of nitrogens with one attached hydrogen (secondary N) is 2. The van der Waals surface area contributed by atoms with Crippen LogP contribution in [0.1, 0.15) is 0 Å². The second kappa shape index (κ2) is 4.84. The zero-order valence-electron chi connectivity index (χ0n) is 10.6. The first-order valence-electron chi connectivity index (χ1n) is 6.18. The maximum absolute atomic E-state index is 11.6. The van der Waals surface area contributed by atoms with Gasteiger partial charge in [-0.05, 0) is 15.9 Å². The molecule has 0 saturated carbocycles. The summed E-state index contributed by atoms with van der Waals surface area (Å²) in [6.45, 7) is 3.00. The van der Waals surface area contributed by atoms with Crippen molar-refractivity contribution in [2.75, 3.05) is 43.4 Å². The minimum atomic E-state index is 0.0438. The Balaban J connectivity index is 1.82. The molecule has 0 spiro atoms. The largest absolute Gasteiger partial charge is 0.357 e. The molecule has 2 aliphatic rings. The highest BCUT2D eigenvalue weighted by molar-refractivity contribution is 9.10. The van der Waals surface area contributed by atoms with Crippen LogP contribution in [-0.4, -0.2) is 60.2 Å². The van der Waals surface area contributed by atoms with E-state index >= 15 is 0 Å². The van der Waals surface area contributed by atoms with Crippen LogP contribution in [0.25, 0.3) is 0 Å². The SMILES string of the molecule is CNc1ncc(Br)c(N2CCN3C(=O)NCC3C2)n1. The standard InChI is InChI=1S/C11H15BrN6O/c1-13-10-14-5-8(12)9(16-10)17-2-3-18-7(6-17)4-15-11(18)19/h5,7H,2-4,6H2,1H3,(H,15,19)(H,13,14,16). The van der Waals surface area contributed by atoms with Crippen molar-refractivity contribution in [2.45, 2.75) is 6.04 Å². The van der Waals surface area contributed by atoms with Gasteiger partial charge in [-0.25, -0.2) is 9.78 Å². The molecular formula is C11H15BrN6O. The number of hydrogen-bond donors (Lipinski definition) is 2. The van der Waals surface area contributed by atoms with Gasteiger partial charge in [0, 0.05) is 39.4 Å². The van der Waals surface area contributed by atoms with Gasteiger partial charge in [0.1, 0.15) is 5.82 Å². The molecule has 0 bridgehead atoms. The number of hydrogen-bond acceptors (Lipinski definition) is 5. The maximum atomic E-state index is 11.6. The summed E-state index contributed by atoms with van der Waals surface area (Å²) in [4.78, 5) is 24.3. The first-order chi connectivity index (χ1) is 9.19. The smallest absolute Gasteiger partial charge is 0.317 e. The molecule has 102 valence electrons. The van der Waals surface area contributed by atoms with Crippen molar-refractivity contribution in [1.29, 1.82) is 0 Å². The van der Waals surface area contributed by atoms with Crippen molar-refractivity contribution in [3.8, 4) is 0 Å². The van der Waals surface area contributed by atoms with Crippen LogP contribution in [0.5, 0.6) is 0 Å². The number of nitrogens with zero attached hydrogens (tertiary/aromatic N) is 4. The van der Waals surface area contributed by atoms with Crippen molar-refractivity contribution in [3.05, 3.63) is 10.7 Å². The highest BCUT2D eigenvalue weighted by Crippen LogP contribution is 2.27. The molecule has 2 aliphatic heterocycles. The first-order valence-corrected chi connectivity index (χ1v) is 6.98. The predicted molar refractivity (Wildman–Crippen MR) is 75.4 cm³/mol. The Morgan fingerprint density at radius 1 is 1.53 bits per heavy atom. The Kier molecular flexibility index (Phi) is 3.17. The van der Waals surface area contributed by atoms with E-state index in [0.29, 0.717) is 12.5 Å². The molecule has 2 saturated heterocycles.